The maximum atomic E-state index is 8.97. The lowest BCUT2D eigenvalue weighted by molar-refractivity contribution is 0.756. The first-order valence-electron chi connectivity index (χ1n) is 4.02. The predicted octanol–water partition coefficient (Wildman–Crippen LogP) is 1.63. The number of aryl methyl sites for hydroxylation is 1. The first kappa shape index (κ1) is 8.67. The summed E-state index contributed by atoms with van der Waals surface area (Å²) in [6.07, 6.45) is 0. The Morgan fingerprint density at radius 1 is 1.54 bits per heavy atom. The smallest absolute Gasteiger partial charge is 0.101 e. The molecule has 0 atom stereocenters. The van der Waals surface area contributed by atoms with Gasteiger partial charge in [-0.15, -0.1) is 0 Å². The van der Waals surface area contributed by atoms with Gasteiger partial charge in [-0.3, -0.25) is 4.98 Å². The Kier molecular flexibility index (Phi) is 2.06. The SMILES string of the molecule is Cc1nc2c(c(C#N)c1Br)CNC2. The van der Waals surface area contributed by atoms with Crippen molar-refractivity contribution >= 4 is 15.9 Å². The summed E-state index contributed by atoms with van der Waals surface area (Å²) >= 11 is 3.38. The first-order valence-corrected chi connectivity index (χ1v) is 4.82. The molecule has 0 unspecified atom stereocenters. The van der Waals surface area contributed by atoms with E-state index in [1.54, 1.807) is 0 Å². The summed E-state index contributed by atoms with van der Waals surface area (Å²) in [5.41, 5.74) is 3.67. The Morgan fingerprint density at radius 3 is 3.00 bits per heavy atom. The van der Waals surface area contributed by atoms with Crippen LogP contribution in [0.5, 0.6) is 0 Å². The van der Waals surface area contributed by atoms with Gasteiger partial charge >= 0.3 is 0 Å². The van der Waals surface area contributed by atoms with Crippen molar-refractivity contribution in [3.05, 3.63) is 27.0 Å². The Balaban J connectivity index is 2.73. The zero-order valence-corrected chi connectivity index (χ0v) is 8.77. The number of fused-ring (bicyclic) bond motifs is 1. The highest BCUT2D eigenvalue weighted by Gasteiger charge is 2.19. The number of pyridine rings is 1. The number of nitriles is 1. The number of hydrogen-bond donors (Lipinski definition) is 1. The molecule has 0 aliphatic carbocycles. The predicted molar refractivity (Wildman–Crippen MR) is 51.9 cm³/mol. The second-order valence-corrected chi connectivity index (χ2v) is 3.82. The number of nitrogens with zero attached hydrogens (tertiary/aromatic N) is 2. The second kappa shape index (κ2) is 3.09. The van der Waals surface area contributed by atoms with E-state index in [9.17, 15) is 0 Å². The van der Waals surface area contributed by atoms with Gasteiger partial charge in [-0.25, -0.2) is 0 Å². The molecule has 13 heavy (non-hydrogen) atoms. The fourth-order valence-electron chi connectivity index (χ4n) is 1.54. The van der Waals surface area contributed by atoms with Crippen LogP contribution >= 0.6 is 15.9 Å². The number of nitrogens with one attached hydrogen (secondary N) is 1. The molecule has 4 heteroatoms. The van der Waals surface area contributed by atoms with Gasteiger partial charge in [0.25, 0.3) is 0 Å². The molecule has 1 aromatic rings. The van der Waals surface area contributed by atoms with Crippen LogP contribution in [0.2, 0.25) is 0 Å². The lowest BCUT2D eigenvalue weighted by Gasteiger charge is -2.05. The Labute approximate surface area is 84.9 Å². The molecule has 0 saturated heterocycles. The molecule has 1 aliphatic heterocycles. The van der Waals surface area contributed by atoms with Gasteiger partial charge in [0.1, 0.15) is 6.07 Å². The van der Waals surface area contributed by atoms with Crippen LogP contribution in [0.4, 0.5) is 0 Å². The van der Waals surface area contributed by atoms with E-state index in [0.717, 1.165) is 40.1 Å². The van der Waals surface area contributed by atoms with Gasteiger partial charge in [0.05, 0.1) is 21.4 Å². The molecule has 0 spiro atoms. The van der Waals surface area contributed by atoms with Crippen LogP contribution in [0.15, 0.2) is 4.47 Å². The van der Waals surface area contributed by atoms with E-state index in [4.69, 9.17) is 5.26 Å². The maximum Gasteiger partial charge on any atom is 0.101 e. The van der Waals surface area contributed by atoms with Gasteiger partial charge in [-0.05, 0) is 22.9 Å². The van der Waals surface area contributed by atoms with E-state index < -0.39 is 0 Å². The fraction of sp³-hybridized carbons (Fsp3) is 0.333. The summed E-state index contributed by atoms with van der Waals surface area (Å²) in [6.45, 7) is 3.44. The molecule has 0 saturated carbocycles. The topological polar surface area (TPSA) is 48.7 Å². The van der Waals surface area contributed by atoms with Crippen LogP contribution in [-0.2, 0) is 13.1 Å². The zero-order chi connectivity index (χ0) is 9.42. The minimum Gasteiger partial charge on any atom is -0.307 e. The summed E-state index contributed by atoms with van der Waals surface area (Å²) in [5, 5.41) is 12.2. The molecule has 2 rings (SSSR count). The van der Waals surface area contributed by atoms with Crippen molar-refractivity contribution < 1.29 is 0 Å². The fourth-order valence-corrected chi connectivity index (χ4v) is 1.95. The molecule has 1 aromatic heterocycles. The van der Waals surface area contributed by atoms with Gasteiger partial charge in [-0.1, -0.05) is 0 Å². The average molecular weight is 238 g/mol. The molecule has 3 nitrogen and oxygen atoms in total. The third kappa shape index (κ3) is 1.25. The molecule has 66 valence electrons. The number of aromatic nitrogens is 1. The molecule has 0 aromatic carbocycles. The van der Waals surface area contributed by atoms with Crippen molar-refractivity contribution in [3.8, 4) is 6.07 Å². The lowest BCUT2D eigenvalue weighted by atomic mass is 10.1. The van der Waals surface area contributed by atoms with Crippen LogP contribution < -0.4 is 5.32 Å². The number of hydrogen-bond acceptors (Lipinski definition) is 3. The van der Waals surface area contributed by atoms with Gasteiger partial charge in [0, 0.05) is 18.7 Å². The molecular weight excluding hydrogens is 230 g/mol. The van der Waals surface area contributed by atoms with Crippen molar-refractivity contribution in [3.63, 3.8) is 0 Å². The Morgan fingerprint density at radius 2 is 2.31 bits per heavy atom. The van der Waals surface area contributed by atoms with Crippen LogP contribution in [-0.4, -0.2) is 4.98 Å². The van der Waals surface area contributed by atoms with Gasteiger partial charge < -0.3 is 5.32 Å². The standard InChI is InChI=1S/C9H8BrN3/c1-5-9(10)6(2-11)7-3-12-4-8(7)13-5/h12H,3-4H2,1H3. The third-order valence-electron chi connectivity index (χ3n) is 2.20. The van der Waals surface area contributed by atoms with Crippen molar-refractivity contribution in [1.82, 2.24) is 10.3 Å². The van der Waals surface area contributed by atoms with E-state index in [1.807, 2.05) is 6.92 Å². The maximum absolute atomic E-state index is 8.97. The number of rotatable bonds is 0. The highest BCUT2D eigenvalue weighted by molar-refractivity contribution is 9.10. The van der Waals surface area contributed by atoms with Crippen molar-refractivity contribution in [2.45, 2.75) is 20.0 Å². The van der Waals surface area contributed by atoms with Crippen LogP contribution in [0, 0.1) is 18.3 Å². The Bertz CT molecular complexity index is 406. The first-order chi connectivity index (χ1) is 6.24. The van der Waals surface area contributed by atoms with Crippen molar-refractivity contribution in [2.24, 2.45) is 0 Å². The molecule has 2 heterocycles. The largest absolute Gasteiger partial charge is 0.307 e. The summed E-state index contributed by atoms with van der Waals surface area (Å²) < 4.78 is 0.831. The molecule has 0 fully saturated rings. The van der Waals surface area contributed by atoms with Crippen molar-refractivity contribution in [1.29, 1.82) is 5.26 Å². The molecular formula is C9H8BrN3. The van der Waals surface area contributed by atoms with Crippen LogP contribution in [0.1, 0.15) is 22.5 Å². The molecule has 0 radical (unpaired) electrons. The summed E-state index contributed by atoms with van der Waals surface area (Å²) in [7, 11) is 0. The lowest BCUT2D eigenvalue weighted by Crippen LogP contribution is -2.00. The van der Waals surface area contributed by atoms with Crippen LogP contribution in [0.25, 0.3) is 0 Å². The molecule has 0 amide bonds. The molecule has 0 bridgehead atoms. The minimum absolute atomic E-state index is 0.729. The van der Waals surface area contributed by atoms with Crippen LogP contribution in [0.3, 0.4) is 0 Å². The molecule has 1 aliphatic rings. The second-order valence-electron chi connectivity index (χ2n) is 3.03. The quantitative estimate of drug-likeness (QED) is 0.747. The normalized spacial score (nSPS) is 13.9. The van der Waals surface area contributed by atoms with E-state index in [0.29, 0.717) is 0 Å². The van der Waals surface area contributed by atoms with E-state index in [2.05, 4.69) is 32.3 Å². The summed E-state index contributed by atoms with van der Waals surface area (Å²) in [6, 6.07) is 2.21. The third-order valence-corrected chi connectivity index (χ3v) is 3.17. The zero-order valence-electron chi connectivity index (χ0n) is 7.19. The van der Waals surface area contributed by atoms with Gasteiger partial charge in [0.15, 0.2) is 0 Å². The highest BCUT2D eigenvalue weighted by Crippen LogP contribution is 2.27. The summed E-state index contributed by atoms with van der Waals surface area (Å²) in [4.78, 5) is 4.40. The minimum atomic E-state index is 0.729. The van der Waals surface area contributed by atoms with Gasteiger partial charge in [0.2, 0.25) is 0 Å². The highest BCUT2D eigenvalue weighted by atomic mass is 79.9. The monoisotopic (exact) mass is 237 g/mol. The van der Waals surface area contributed by atoms with Gasteiger partial charge in [-0.2, -0.15) is 5.26 Å². The Hall–Kier alpha value is -0.920. The summed E-state index contributed by atoms with van der Waals surface area (Å²) in [5.74, 6) is 0. The average Bonchev–Trinajstić information content (AvgIpc) is 2.54. The van der Waals surface area contributed by atoms with Crippen molar-refractivity contribution in [2.75, 3.05) is 0 Å². The molecule has 1 N–H and O–H groups in total. The van der Waals surface area contributed by atoms with E-state index in [-0.39, 0.29) is 0 Å². The number of halogens is 1. The van der Waals surface area contributed by atoms with E-state index in [1.165, 1.54) is 0 Å². The van der Waals surface area contributed by atoms with E-state index >= 15 is 0 Å².